The van der Waals surface area contributed by atoms with E-state index >= 15 is 0 Å². The molecule has 2 nitrogen and oxygen atoms in total. The average Bonchev–Trinajstić information content (AvgIpc) is 2.39. The molecule has 1 aromatic carbocycles. The number of hydrogen-bond acceptors (Lipinski definition) is 2. The minimum atomic E-state index is -2.41. The Kier molecular flexibility index (Phi) is 8.38. The lowest BCUT2D eigenvalue weighted by Crippen LogP contribution is -2.32. The van der Waals surface area contributed by atoms with E-state index in [1.54, 1.807) is 6.07 Å². The van der Waals surface area contributed by atoms with Gasteiger partial charge in [0.25, 0.3) is 6.43 Å². The summed E-state index contributed by atoms with van der Waals surface area (Å²) in [6.45, 7) is 2.61. The van der Waals surface area contributed by atoms with Gasteiger partial charge in [-0.05, 0) is 37.1 Å². The van der Waals surface area contributed by atoms with E-state index in [1.165, 1.54) is 0 Å². The van der Waals surface area contributed by atoms with Gasteiger partial charge in [0, 0.05) is 12.6 Å². The molecular formula is C14H19Cl2F2NO. The summed E-state index contributed by atoms with van der Waals surface area (Å²) in [6.07, 6.45) is -0.994. The molecular weight excluding hydrogens is 307 g/mol. The Morgan fingerprint density at radius 1 is 1.25 bits per heavy atom. The van der Waals surface area contributed by atoms with Crippen LogP contribution in [0.15, 0.2) is 18.2 Å². The largest absolute Gasteiger partial charge is 0.375 e. The van der Waals surface area contributed by atoms with Crippen molar-refractivity contribution in [3.05, 3.63) is 33.8 Å². The van der Waals surface area contributed by atoms with Crippen molar-refractivity contribution in [2.45, 2.75) is 32.2 Å². The van der Waals surface area contributed by atoms with Crippen LogP contribution in [0.1, 0.15) is 18.9 Å². The first-order valence-electron chi connectivity index (χ1n) is 6.56. The molecule has 0 fully saturated rings. The van der Waals surface area contributed by atoms with Crippen molar-refractivity contribution < 1.29 is 13.5 Å². The van der Waals surface area contributed by atoms with E-state index < -0.39 is 13.0 Å². The van der Waals surface area contributed by atoms with E-state index in [9.17, 15) is 8.78 Å². The Hall–Kier alpha value is -0.420. The van der Waals surface area contributed by atoms with Crippen LogP contribution in [0.5, 0.6) is 0 Å². The molecule has 1 atom stereocenters. The van der Waals surface area contributed by atoms with Crippen LogP contribution in [0.3, 0.4) is 0 Å². The molecule has 0 saturated carbocycles. The fraction of sp³-hybridized carbons (Fsp3) is 0.571. The molecule has 0 amide bonds. The van der Waals surface area contributed by atoms with Crippen molar-refractivity contribution >= 4 is 23.2 Å². The number of benzene rings is 1. The smallest absolute Gasteiger partial charge is 0.261 e. The van der Waals surface area contributed by atoms with Crippen molar-refractivity contribution in [3.8, 4) is 0 Å². The van der Waals surface area contributed by atoms with Gasteiger partial charge in [-0.25, -0.2) is 8.78 Å². The molecule has 1 N–H and O–H groups in total. The van der Waals surface area contributed by atoms with Crippen molar-refractivity contribution in [2.75, 3.05) is 19.8 Å². The highest BCUT2D eigenvalue weighted by Crippen LogP contribution is 2.23. The third-order valence-corrected chi connectivity index (χ3v) is 3.55. The van der Waals surface area contributed by atoms with E-state index in [0.717, 1.165) is 18.5 Å². The van der Waals surface area contributed by atoms with Crippen molar-refractivity contribution in [3.63, 3.8) is 0 Å². The van der Waals surface area contributed by atoms with Gasteiger partial charge in [0.1, 0.15) is 6.61 Å². The van der Waals surface area contributed by atoms with Gasteiger partial charge < -0.3 is 10.1 Å². The van der Waals surface area contributed by atoms with Gasteiger partial charge >= 0.3 is 0 Å². The quantitative estimate of drug-likeness (QED) is 0.687. The van der Waals surface area contributed by atoms with Crippen LogP contribution < -0.4 is 5.32 Å². The first-order valence-corrected chi connectivity index (χ1v) is 7.31. The third kappa shape index (κ3) is 6.84. The van der Waals surface area contributed by atoms with Crippen LogP contribution in [0.2, 0.25) is 10.0 Å². The zero-order valence-electron chi connectivity index (χ0n) is 11.3. The molecule has 0 radical (unpaired) electrons. The lowest BCUT2D eigenvalue weighted by molar-refractivity contribution is 0.0144. The lowest BCUT2D eigenvalue weighted by Gasteiger charge is -2.18. The Morgan fingerprint density at radius 3 is 2.60 bits per heavy atom. The Bertz CT molecular complexity index is 405. The van der Waals surface area contributed by atoms with Gasteiger partial charge in [0.2, 0.25) is 0 Å². The molecule has 0 bridgehead atoms. The molecule has 0 heterocycles. The molecule has 0 aliphatic heterocycles. The molecule has 1 aromatic rings. The second-order valence-corrected chi connectivity index (χ2v) is 5.28. The van der Waals surface area contributed by atoms with Crippen molar-refractivity contribution in [2.24, 2.45) is 0 Å². The third-order valence-electron chi connectivity index (χ3n) is 2.81. The Balaban J connectivity index is 2.46. The standard InChI is InChI=1S/C14H19Cl2F2NO/c1-2-19-11(5-6-20-9-14(17)18)7-10-3-4-12(15)13(16)8-10/h3-4,8,11,14,19H,2,5-7,9H2,1H3. The van der Waals surface area contributed by atoms with Crippen LogP contribution in [-0.4, -0.2) is 32.2 Å². The molecule has 1 unspecified atom stereocenters. The number of likely N-dealkylation sites (N-methyl/N-ethyl adjacent to an activating group) is 1. The molecule has 114 valence electrons. The summed E-state index contributed by atoms with van der Waals surface area (Å²) in [5.74, 6) is 0. The van der Waals surface area contributed by atoms with Gasteiger partial charge in [-0.1, -0.05) is 36.2 Å². The molecule has 0 aromatic heterocycles. The topological polar surface area (TPSA) is 21.3 Å². The second-order valence-electron chi connectivity index (χ2n) is 4.46. The summed E-state index contributed by atoms with van der Waals surface area (Å²) in [5.41, 5.74) is 1.05. The fourth-order valence-corrected chi connectivity index (χ4v) is 2.23. The zero-order valence-corrected chi connectivity index (χ0v) is 12.9. The fourth-order valence-electron chi connectivity index (χ4n) is 1.91. The number of halogens is 4. The number of hydrogen-bond donors (Lipinski definition) is 1. The highest BCUT2D eigenvalue weighted by molar-refractivity contribution is 6.42. The van der Waals surface area contributed by atoms with Crippen LogP contribution >= 0.6 is 23.2 Å². The van der Waals surface area contributed by atoms with Crippen LogP contribution in [0.25, 0.3) is 0 Å². The predicted octanol–water partition coefficient (Wildman–Crippen LogP) is 4.19. The molecule has 1 rings (SSSR count). The Morgan fingerprint density at radius 2 is 2.00 bits per heavy atom. The maximum atomic E-state index is 12.0. The van der Waals surface area contributed by atoms with Gasteiger partial charge in [0.05, 0.1) is 10.0 Å². The van der Waals surface area contributed by atoms with E-state index in [1.807, 2.05) is 19.1 Å². The molecule has 0 aliphatic rings. The minimum Gasteiger partial charge on any atom is -0.375 e. The summed E-state index contributed by atoms with van der Waals surface area (Å²) in [5, 5.41) is 4.36. The highest BCUT2D eigenvalue weighted by Gasteiger charge is 2.10. The van der Waals surface area contributed by atoms with Crippen molar-refractivity contribution in [1.82, 2.24) is 5.32 Å². The van der Waals surface area contributed by atoms with Gasteiger partial charge in [0.15, 0.2) is 0 Å². The minimum absolute atomic E-state index is 0.162. The zero-order chi connectivity index (χ0) is 15.0. The van der Waals surface area contributed by atoms with E-state index in [2.05, 4.69) is 5.32 Å². The molecule has 6 heteroatoms. The van der Waals surface area contributed by atoms with Crippen LogP contribution in [0, 0.1) is 0 Å². The number of rotatable bonds is 9. The van der Waals surface area contributed by atoms with Crippen molar-refractivity contribution in [1.29, 1.82) is 0 Å². The molecule has 0 spiro atoms. The first kappa shape index (κ1) is 17.6. The maximum Gasteiger partial charge on any atom is 0.261 e. The summed E-state index contributed by atoms with van der Waals surface area (Å²) in [4.78, 5) is 0. The van der Waals surface area contributed by atoms with E-state index in [4.69, 9.17) is 27.9 Å². The summed E-state index contributed by atoms with van der Waals surface area (Å²) in [7, 11) is 0. The molecule has 0 aliphatic carbocycles. The maximum absolute atomic E-state index is 12.0. The van der Waals surface area contributed by atoms with Gasteiger partial charge in [-0.15, -0.1) is 0 Å². The number of nitrogens with one attached hydrogen (secondary N) is 1. The van der Waals surface area contributed by atoms with Crippen LogP contribution in [0.4, 0.5) is 8.78 Å². The van der Waals surface area contributed by atoms with E-state index in [-0.39, 0.29) is 6.04 Å². The average molecular weight is 326 g/mol. The normalized spacial score (nSPS) is 12.9. The second kappa shape index (κ2) is 9.50. The lowest BCUT2D eigenvalue weighted by atomic mass is 10.0. The summed E-state index contributed by atoms with van der Waals surface area (Å²) in [6, 6.07) is 5.66. The number of ether oxygens (including phenoxy) is 1. The van der Waals surface area contributed by atoms with Gasteiger partial charge in [-0.2, -0.15) is 0 Å². The Labute approximate surface area is 128 Å². The molecule has 0 saturated heterocycles. The SMILES string of the molecule is CCNC(CCOCC(F)F)Cc1ccc(Cl)c(Cl)c1. The molecule has 20 heavy (non-hydrogen) atoms. The van der Waals surface area contributed by atoms with Crippen LogP contribution in [-0.2, 0) is 11.2 Å². The van der Waals surface area contributed by atoms with Gasteiger partial charge in [-0.3, -0.25) is 0 Å². The highest BCUT2D eigenvalue weighted by atomic mass is 35.5. The monoisotopic (exact) mass is 325 g/mol. The predicted molar refractivity (Wildman–Crippen MR) is 79.1 cm³/mol. The number of alkyl halides is 2. The van der Waals surface area contributed by atoms with E-state index in [0.29, 0.717) is 23.1 Å². The first-order chi connectivity index (χ1) is 9.52. The summed E-state index contributed by atoms with van der Waals surface area (Å²) >= 11 is 11.8. The summed E-state index contributed by atoms with van der Waals surface area (Å²) < 4.78 is 28.9.